The van der Waals surface area contributed by atoms with Gasteiger partial charge in [-0.25, -0.2) is 22.0 Å². The van der Waals surface area contributed by atoms with Gasteiger partial charge in [-0.2, -0.15) is 0 Å². The molecule has 1 saturated heterocycles. The van der Waals surface area contributed by atoms with E-state index in [0.29, 0.717) is 29.0 Å². The Morgan fingerprint density at radius 1 is 1.07 bits per heavy atom. The largest absolute Gasteiger partial charge is 0.479 e. The Balaban J connectivity index is 1.86. The summed E-state index contributed by atoms with van der Waals surface area (Å²) in [4.78, 5) is 26.4. The van der Waals surface area contributed by atoms with Crippen LogP contribution >= 0.6 is 11.6 Å². The summed E-state index contributed by atoms with van der Waals surface area (Å²) in [6, 6.07) is 12.2. The highest BCUT2D eigenvalue weighted by Gasteiger charge is 2.34. The summed E-state index contributed by atoms with van der Waals surface area (Å²) in [6.07, 6.45) is 2.02. The molecule has 0 atom stereocenters. The van der Waals surface area contributed by atoms with E-state index >= 15 is 4.39 Å². The van der Waals surface area contributed by atoms with Crippen molar-refractivity contribution in [2.45, 2.75) is 37.7 Å². The number of hydrogen-bond acceptors (Lipinski definition) is 6. The molecule has 1 aliphatic heterocycles. The van der Waals surface area contributed by atoms with Crippen LogP contribution in [0.25, 0.3) is 11.1 Å². The van der Waals surface area contributed by atoms with Crippen LogP contribution < -0.4 is 9.04 Å². The van der Waals surface area contributed by atoms with E-state index in [1.165, 1.54) is 17.0 Å². The van der Waals surface area contributed by atoms with Crippen LogP contribution in [0.4, 0.5) is 14.5 Å². The molecule has 1 amide bonds. The van der Waals surface area contributed by atoms with E-state index in [1.807, 2.05) is 0 Å². The molecular formula is C31H31ClF2N2O6S. The summed E-state index contributed by atoms with van der Waals surface area (Å²) in [7, 11) is -4.79. The van der Waals surface area contributed by atoms with Gasteiger partial charge in [0.2, 0.25) is 0 Å². The number of sulfonamides is 1. The fourth-order valence-electron chi connectivity index (χ4n) is 4.36. The number of anilines is 1. The molecule has 228 valence electrons. The van der Waals surface area contributed by atoms with E-state index in [0.717, 1.165) is 18.6 Å². The predicted octanol–water partition coefficient (Wildman–Crippen LogP) is 6.23. The average molecular weight is 633 g/mol. The lowest BCUT2D eigenvalue weighted by atomic mass is 10.0. The molecule has 0 saturated carbocycles. The number of halogens is 3. The van der Waals surface area contributed by atoms with Crippen LogP contribution in [0.15, 0.2) is 72.1 Å². The molecule has 0 aliphatic carbocycles. The van der Waals surface area contributed by atoms with E-state index in [-0.39, 0.29) is 16.1 Å². The minimum atomic E-state index is -4.79. The van der Waals surface area contributed by atoms with E-state index in [2.05, 4.69) is 6.58 Å². The SMILES string of the molecule is C=CCN(c1cc(-c2ccccc2)c(F)cc1F)S(=O)(=O)c1cc(C(=O)N2CCC2)cc(Cl)c1OCC(=O)OC(C)(C)C. The zero-order valence-corrected chi connectivity index (χ0v) is 25.5. The molecule has 8 nitrogen and oxygen atoms in total. The molecular weight excluding hydrogens is 602 g/mol. The van der Waals surface area contributed by atoms with Gasteiger partial charge in [-0.1, -0.05) is 48.0 Å². The summed E-state index contributed by atoms with van der Waals surface area (Å²) >= 11 is 6.48. The first kappa shape index (κ1) is 32.0. The highest BCUT2D eigenvalue weighted by Crippen LogP contribution is 2.39. The van der Waals surface area contributed by atoms with Crippen LogP contribution in [-0.4, -0.2) is 57.0 Å². The average Bonchev–Trinajstić information content (AvgIpc) is 2.89. The standard InChI is InChI=1S/C31H31ClF2N2O6S/c1-5-12-36(26-17-22(24(33)18-25(26)34)20-10-7-6-8-11-20)43(39,40)27-16-21(30(38)35-13-9-14-35)15-23(32)29(27)41-19-28(37)42-31(2,3)4/h5-8,10-11,15-18H,1,9,12-14,19H2,2-4H3. The highest BCUT2D eigenvalue weighted by atomic mass is 35.5. The third kappa shape index (κ3) is 7.17. The second-order valence-corrected chi connectivity index (χ2v) is 13.0. The smallest absolute Gasteiger partial charge is 0.344 e. The van der Waals surface area contributed by atoms with Crippen LogP contribution in [-0.2, 0) is 19.6 Å². The van der Waals surface area contributed by atoms with Gasteiger partial charge in [0, 0.05) is 30.3 Å². The Morgan fingerprint density at radius 2 is 1.74 bits per heavy atom. The second-order valence-electron chi connectivity index (χ2n) is 10.8. The van der Waals surface area contributed by atoms with Crippen LogP contribution in [0.2, 0.25) is 5.02 Å². The number of likely N-dealkylation sites (tertiary alicyclic amines) is 1. The van der Waals surface area contributed by atoms with Crippen molar-refractivity contribution in [3.8, 4) is 16.9 Å². The molecule has 0 spiro atoms. The topological polar surface area (TPSA) is 93.2 Å². The molecule has 43 heavy (non-hydrogen) atoms. The van der Waals surface area contributed by atoms with Crippen molar-refractivity contribution in [2.24, 2.45) is 0 Å². The zero-order chi connectivity index (χ0) is 31.5. The number of ether oxygens (including phenoxy) is 2. The number of benzene rings is 3. The molecule has 0 radical (unpaired) electrons. The monoisotopic (exact) mass is 632 g/mol. The van der Waals surface area contributed by atoms with Crippen molar-refractivity contribution >= 4 is 39.2 Å². The molecule has 3 aromatic carbocycles. The zero-order valence-electron chi connectivity index (χ0n) is 23.9. The summed E-state index contributed by atoms with van der Waals surface area (Å²) in [5.74, 6) is -3.74. The second kappa shape index (κ2) is 12.7. The number of amides is 1. The Kier molecular flexibility index (Phi) is 9.46. The molecule has 0 N–H and O–H groups in total. The Labute approximate surface area is 254 Å². The van der Waals surface area contributed by atoms with Gasteiger partial charge in [0.1, 0.15) is 22.1 Å². The van der Waals surface area contributed by atoms with Gasteiger partial charge in [0.25, 0.3) is 15.9 Å². The van der Waals surface area contributed by atoms with Crippen molar-refractivity contribution in [1.82, 2.24) is 4.90 Å². The van der Waals surface area contributed by atoms with Crippen molar-refractivity contribution in [3.63, 3.8) is 0 Å². The van der Waals surface area contributed by atoms with Crippen LogP contribution in [0.1, 0.15) is 37.6 Å². The first-order chi connectivity index (χ1) is 20.2. The normalized spacial score (nSPS) is 13.2. The number of esters is 1. The minimum absolute atomic E-state index is 0.0394. The van der Waals surface area contributed by atoms with Gasteiger partial charge in [0.15, 0.2) is 12.4 Å². The van der Waals surface area contributed by atoms with Gasteiger partial charge in [0.05, 0.1) is 17.3 Å². The number of carbonyl (C=O) groups excluding carboxylic acids is 2. The Hall–Kier alpha value is -3.96. The van der Waals surface area contributed by atoms with Gasteiger partial charge in [-0.05, 0) is 51.0 Å². The van der Waals surface area contributed by atoms with Gasteiger partial charge >= 0.3 is 5.97 Å². The fourth-order valence-corrected chi connectivity index (χ4v) is 6.30. The van der Waals surface area contributed by atoms with Crippen molar-refractivity contribution in [3.05, 3.63) is 89.5 Å². The highest BCUT2D eigenvalue weighted by molar-refractivity contribution is 7.93. The molecule has 1 fully saturated rings. The first-order valence-electron chi connectivity index (χ1n) is 13.4. The molecule has 0 aromatic heterocycles. The van der Waals surface area contributed by atoms with Crippen molar-refractivity contribution in [1.29, 1.82) is 0 Å². The van der Waals surface area contributed by atoms with E-state index in [9.17, 15) is 22.4 Å². The lowest BCUT2D eigenvalue weighted by Gasteiger charge is -2.31. The lowest BCUT2D eigenvalue weighted by molar-refractivity contribution is -0.157. The van der Waals surface area contributed by atoms with Crippen LogP contribution in [0.3, 0.4) is 0 Å². The minimum Gasteiger partial charge on any atom is -0.479 e. The molecule has 0 unspecified atom stereocenters. The molecule has 1 aliphatic rings. The third-order valence-corrected chi connectivity index (χ3v) is 8.47. The van der Waals surface area contributed by atoms with Gasteiger partial charge in [-0.15, -0.1) is 6.58 Å². The predicted molar refractivity (Wildman–Crippen MR) is 160 cm³/mol. The number of nitrogens with zero attached hydrogens (tertiary/aromatic N) is 2. The molecule has 12 heteroatoms. The third-order valence-electron chi connectivity index (χ3n) is 6.41. The molecule has 3 aromatic rings. The maximum Gasteiger partial charge on any atom is 0.344 e. The first-order valence-corrected chi connectivity index (χ1v) is 15.2. The van der Waals surface area contributed by atoms with Crippen LogP contribution in [0, 0.1) is 11.6 Å². The maximum absolute atomic E-state index is 15.4. The van der Waals surface area contributed by atoms with Gasteiger partial charge < -0.3 is 14.4 Å². The van der Waals surface area contributed by atoms with E-state index in [4.69, 9.17) is 21.1 Å². The fraction of sp³-hybridized carbons (Fsp3) is 0.290. The summed E-state index contributed by atoms with van der Waals surface area (Å²) in [6.45, 7) is 8.38. The van der Waals surface area contributed by atoms with Crippen LogP contribution in [0.5, 0.6) is 5.75 Å². The summed E-state index contributed by atoms with van der Waals surface area (Å²) in [5, 5.41) is -0.267. The molecule has 1 heterocycles. The summed E-state index contributed by atoms with van der Waals surface area (Å²) < 4.78 is 70.4. The number of carbonyl (C=O) groups is 2. The molecule has 4 rings (SSSR count). The maximum atomic E-state index is 15.4. The Morgan fingerprint density at radius 3 is 2.33 bits per heavy atom. The molecule has 0 bridgehead atoms. The Bertz CT molecular complexity index is 1650. The van der Waals surface area contributed by atoms with E-state index < -0.39 is 68.6 Å². The number of hydrogen-bond donors (Lipinski definition) is 0. The van der Waals surface area contributed by atoms with Crippen molar-refractivity contribution < 1.29 is 36.3 Å². The summed E-state index contributed by atoms with van der Waals surface area (Å²) in [5.41, 5.74) is -1.01. The number of rotatable bonds is 10. The van der Waals surface area contributed by atoms with Crippen molar-refractivity contribution in [2.75, 3.05) is 30.5 Å². The quantitative estimate of drug-likeness (QED) is 0.194. The van der Waals surface area contributed by atoms with E-state index in [1.54, 1.807) is 51.1 Å². The van der Waals surface area contributed by atoms with Gasteiger partial charge in [-0.3, -0.25) is 9.10 Å². The lowest BCUT2D eigenvalue weighted by Crippen LogP contribution is -2.42.